The summed E-state index contributed by atoms with van der Waals surface area (Å²) in [7, 11) is 0. The topological polar surface area (TPSA) is 43.9 Å². The molecule has 4 nitrogen and oxygen atoms in total. The Morgan fingerprint density at radius 1 is 0.957 bits per heavy atom. The summed E-state index contributed by atoms with van der Waals surface area (Å²) in [5.41, 5.74) is 2.75. The molecule has 0 saturated heterocycles. The molecule has 0 aliphatic carbocycles. The first-order chi connectivity index (χ1) is 10.9. The molecule has 2 heterocycles. The smallest absolute Gasteiger partial charge is 0.462 e. The van der Waals surface area contributed by atoms with E-state index in [1.807, 2.05) is 60.8 Å². The van der Waals surface area contributed by atoms with Crippen molar-refractivity contribution in [2.75, 3.05) is 0 Å². The van der Waals surface area contributed by atoms with E-state index in [1.54, 1.807) is 17.1 Å². The second kappa shape index (κ2) is 8.86. The van der Waals surface area contributed by atoms with E-state index >= 15 is 0 Å². The first-order valence-corrected chi connectivity index (χ1v) is 6.75. The molecule has 116 valence electrons. The summed E-state index contributed by atoms with van der Waals surface area (Å²) in [6.07, 6.45) is 6.66. The number of hydrogen-bond donors (Lipinski definition) is 0. The third-order valence-corrected chi connectivity index (χ3v) is 2.86. The molecule has 0 aliphatic rings. The van der Waals surface area contributed by atoms with Crippen LogP contribution in [0.4, 0.5) is 0 Å². The minimum absolute atomic E-state index is 0. The van der Waals surface area contributed by atoms with Crippen LogP contribution in [0, 0.1) is 12.1 Å². The summed E-state index contributed by atoms with van der Waals surface area (Å²) in [6.45, 7) is 0. The molecule has 0 atom stereocenters. The van der Waals surface area contributed by atoms with Crippen molar-refractivity contribution in [3.8, 4) is 16.9 Å². The molecule has 0 spiro atoms. The molecule has 0 N–H and O–H groups in total. The van der Waals surface area contributed by atoms with Crippen molar-refractivity contribution in [1.82, 2.24) is 14.8 Å². The van der Waals surface area contributed by atoms with E-state index in [4.69, 9.17) is 4.42 Å². The maximum Gasteiger partial charge on any atom is 2.00 e. The fourth-order valence-electron chi connectivity index (χ4n) is 1.84. The second-order valence-corrected chi connectivity index (χ2v) is 4.35. The predicted octanol–water partition coefficient (Wildman–Crippen LogP) is 3.81. The Balaban J connectivity index is 0.000000160. The van der Waals surface area contributed by atoms with E-state index < -0.39 is 0 Å². The zero-order valence-corrected chi connectivity index (χ0v) is 14.3. The number of nitrogens with zero attached hydrogens (tertiary/aromatic N) is 3. The Bertz CT molecular complexity index is 700. The Kier molecular flexibility index (Phi) is 6.52. The zero-order chi connectivity index (χ0) is 15.0. The number of hydrogen-bond acceptors (Lipinski definition) is 3. The van der Waals surface area contributed by atoms with Gasteiger partial charge >= 0.3 is 21.1 Å². The van der Waals surface area contributed by atoms with Crippen LogP contribution in [0.15, 0.2) is 84.1 Å². The van der Waals surface area contributed by atoms with Crippen molar-refractivity contribution in [1.29, 1.82) is 0 Å². The summed E-state index contributed by atoms with van der Waals surface area (Å²) < 4.78 is 6.62. The minimum atomic E-state index is 0. The zero-order valence-electron chi connectivity index (χ0n) is 12.1. The van der Waals surface area contributed by atoms with Gasteiger partial charge < -0.3 is 4.42 Å². The number of benzene rings is 2. The molecule has 0 radical (unpaired) electrons. The molecule has 23 heavy (non-hydrogen) atoms. The van der Waals surface area contributed by atoms with Crippen molar-refractivity contribution >= 4 is 0 Å². The molecule has 0 fully saturated rings. The summed E-state index contributed by atoms with van der Waals surface area (Å²) in [6, 6.07) is 23.4. The molecule has 4 aromatic rings. The van der Waals surface area contributed by atoms with E-state index in [0.29, 0.717) is 0 Å². The van der Waals surface area contributed by atoms with Crippen molar-refractivity contribution in [2.45, 2.75) is 0 Å². The normalized spacial score (nSPS) is 9.39. The van der Waals surface area contributed by atoms with Gasteiger partial charge in [0.05, 0.1) is 6.26 Å². The van der Waals surface area contributed by atoms with Gasteiger partial charge in [0.2, 0.25) is 0 Å². The summed E-state index contributed by atoms with van der Waals surface area (Å²) in [5.74, 6) is 0. The molecule has 0 saturated carbocycles. The Hall–Kier alpha value is -2.45. The average molecular weight is 482 g/mol. The largest absolute Gasteiger partial charge is 2.00 e. The van der Waals surface area contributed by atoms with Gasteiger partial charge in [-0.3, -0.25) is 9.67 Å². The molecular weight excluding hydrogens is 469 g/mol. The third-order valence-electron chi connectivity index (χ3n) is 2.86. The first kappa shape index (κ1) is 16.9. The number of para-hydroxylation sites is 1. The van der Waals surface area contributed by atoms with Gasteiger partial charge in [-0.2, -0.15) is 29.4 Å². The summed E-state index contributed by atoms with van der Waals surface area (Å²) in [4.78, 5) is 3.99. The van der Waals surface area contributed by atoms with Gasteiger partial charge in [0, 0.05) is 18.1 Å². The summed E-state index contributed by atoms with van der Waals surface area (Å²) in [5, 5.41) is 4.07. The van der Waals surface area contributed by atoms with Gasteiger partial charge in [0.15, 0.2) is 6.39 Å². The van der Waals surface area contributed by atoms with Crippen LogP contribution in [0.1, 0.15) is 0 Å². The van der Waals surface area contributed by atoms with Gasteiger partial charge in [-0.1, -0.05) is 0 Å². The summed E-state index contributed by atoms with van der Waals surface area (Å²) >= 11 is 0. The second-order valence-electron chi connectivity index (χ2n) is 4.35. The van der Waals surface area contributed by atoms with E-state index in [0.717, 1.165) is 16.9 Å². The Morgan fingerprint density at radius 3 is 2.35 bits per heavy atom. The van der Waals surface area contributed by atoms with Gasteiger partial charge in [-0.05, 0) is 11.8 Å². The third kappa shape index (κ3) is 4.76. The van der Waals surface area contributed by atoms with Crippen LogP contribution in [0.25, 0.3) is 16.9 Å². The van der Waals surface area contributed by atoms with Crippen LogP contribution in [0.5, 0.6) is 0 Å². The minimum Gasteiger partial charge on any atom is -0.462 e. The molecule has 0 unspecified atom stereocenters. The van der Waals surface area contributed by atoms with Gasteiger partial charge in [-0.25, -0.2) is 0 Å². The Labute approximate surface area is 149 Å². The molecule has 0 aliphatic heterocycles. The molecule has 5 heteroatoms. The Morgan fingerprint density at radius 2 is 1.78 bits per heavy atom. The van der Waals surface area contributed by atoms with Crippen LogP contribution in [-0.2, 0) is 21.1 Å². The number of rotatable bonds is 2. The fraction of sp³-hybridized carbons (Fsp3) is 0. The SMILES string of the molecule is [Pt+2].[c-]1ccccc1-c1cocn1.[c-]1ccccc1-n1cccn1. The molecule has 2 aromatic heterocycles. The first-order valence-electron chi connectivity index (χ1n) is 6.75. The van der Waals surface area contributed by atoms with E-state index in [2.05, 4.69) is 22.2 Å². The van der Waals surface area contributed by atoms with E-state index in [9.17, 15) is 0 Å². The maximum atomic E-state index is 4.84. The van der Waals surface area contributed by atoms with Crippen molar-refractivity contribution < 1.29 is 25.5 Å². The quantitative estimate of drug-likeness (QED) is 0.409. The molecular formula is C18H13N3OPt. The fourth-order valence-corrected chi connectivity index (χ4v) is 1.84. The van der Waals surface area contributed by atoms with Gasteiger partial charge in [0.1, 0.15) is 0 Å². The van der Waals surface area contributed by atoms with E-state index in [1.165, 1.54) is 6.39 Å². The van der Waals surface area contributed by atoms with Crippen LogP contribution >= 0.6 is 0 Å². The maximum absolute atomic E-state index is 4.84. The monoisotopic (exact) mass is 482 g/mol. The van der Waals surface area contributed by atoms with Crippen molar-refractivity contribution in [3.63, 3.8) is 0 Å². The number of oxazole rings is 1. The van der Waals surface area contributed by atoms with Crippen LogP contribution in [0.2, 0.25) is 0 Å². The molecule has 4 rings (SSSR count). The van der Waals surface area contributed by atoms with Crippen LogP contribution in [0.3, 0.4) is 0 Å². The van der Waals surface area contributed by atoms with Crippen LogP contribution < -0.4 is 0 Å². The van der Waals surface area contributed by atoms with E-state index in [-0.39, 0.29) is 21.1 Å². The predicted molar refractivity (Wildman–Crippen MR) is 83.2 cm³/mol. The van der Waals surface area contributed by atoms with Gasteiger partial charge in [-0.15, -0.1) is 42.0 Å². The molecule has 2 aromatic carbocycles. The standard InChI is InChI=1S/C9H7N2.C9H6NO.Pt/c1-2-5-9(6-3-1)11-8-4-7-10-11;1-2-4-8(5-3-1)9-6-11-7-10-9;/h1-5,7-8H;1-4,6-7H;/q2*-1;+2. The average Bonchev–Trinajstić information content (AvgIpc) is 3.31. The van der Waals surface area contributed by atoms with Crippen molar-refractivity contribution in [2.24, 2.45) is 0 Å². The van der Waals surface area contributed by atoms with Crippen LogP contribution in [-0.4, -0.2) is 14.8 Å². The molecule has 0 amide bonds. The molecule has 0 bridgehead atoms. The number of aromatic nitrogens is 3. The van der Waals surface area contributed by atoms with Gasteiger partial charge in [0.25, 0.3) is 0 Å². The van der Waals surface area contributed by atoms with Crippen molar-refractivity contribution in [3.05, 3.63) is 91.8 Å².